The van der Waals surface area contributed by atoms with Crippen LogP contribution in [0, 0.1) is 6.92 Å². The molecule has 1 N–H and O–H groups in total. The Morgan fingerprint density at radius 1 is 1.29 bits per heavy atom. The molecule has 96 valence electrons. The first-order valence-electron chi connectivity index (χ1n) is 6.52. The van der Waals surface area contributed by atoms with E-state index < -0.39 is 0 Å². The lowest BCUT2D eigenvalue weighted by Gasteiger charge is -2.16. The predicted molar refractivity (Wildman–Crippen MR) is 79.7 cm³/mol. The summed E-state index contributed by atoms with van der Waals surface area (Å²) >= 11 is 2.03. The largest absolute Gasteiger partial charge is 0.313 e. The summed E-state index contributed by atoms with van der Waals surface area (Å²) in [6.07, 6.45) is 1.20. The molecule has 0 aromatic heterocycles. The van der Waals surface area contributed by atoms with Gasteiger partial charge in [-0.3, -0.25) is 0 Å². The average Bonchev–Trinajstić information content (AvgIpc) is 2.33. The molecule has 1 nitrogen and oxygen atoms in total. The van der Waals surface area contributed by atoms with E-state index in [4.69, 9.17) is 0 Å². The normalized spacial score (nSPS) is 14.6. The maximum absolute atomic E-state index is 3.56. The highest BCUT2D eigenvalue weighted by molar-refractivity contribution is 7.99. The van der Waals surface area contributed by atoms with Gasteiger partial charge < -0.3 is 5.32 Å². The van der Waals surface area contributed by atoms with Crippen LogP contribution in [-0.2, 0) is 5.75 Å². The summed E-state index contributed by atoms with van der Waals surface area (Å²) in [5.41, 5.74) is 2.79. The third-order valence-corrected chi connectivity index (χ3v) is 4.22. The van der Waals surface area contributed by atoms with E-state index in [0.29, 0.717) is 11.3 Å². The Balaban J connectivity index is 2.26. The number of aryl methyl sites for hydroxylation is 1. The van der Waals surface area contributed by atoms with Gasteiger partial charge in [-0.2, -0.15) is 11.8 Å². The van der Waals surface area contributed by atoms with Gasteiger partial charge in [0.2, 0.25) is 0 Å². The van der Waals surface area contributed by atoms with Crippen molar-refractivity contribution in [2.24, 2.45) is 0 Å². The molecular weight excluding hydrogens is 226 g/mol. The van der Waals surface area contributed by atoms with E-state index in [1.54, 1.807) is 0 Å². The van der Waals surface area contributed by atoms with Crippen LogP contribution in [0.5, 0.6) is 0 Å². The Labute approximate surface area is 110 Å². The molecule has 0 heterocycles. The second-order valence-electron chi connectivity index (χ2n) is 4.83. The van der Waals surface area contributed by atoms with Crippen LogP contribution in [0.3, 0.4) is 0 Å². The molecule has 0 bridgehead atoms. The molecule has 17 heavy (non-hydrogen) atoms. The first kappa shape index (κ1) is 14.6. The van der Waals surface area contributed by atoms with Gasteiger partial charge in [0.15, 0.2) is 0 Å². The van der Waals surface area contributed by atoms with Crippen LogP contribution in [-0.4, -0.2) is 17.8 Å². The Bertz CT molecular complexity index is 324. The highest BCUT2D eigenvalue weighted by Crippen LogP contribution is 2.18. The van der Waals surface area contributed by atoms with E-state index in [1.807, 2.05) is 11.8 Å². The minimum atomic E-state index is 0.636. The summed E-state index contributed by atoms with van der Waals surface area (Å²) in [5, 5.41) is 4.23. The van der Waals surface area contributed by atoms with Crippen LogP contribution < -0.4 is 5.32 Å². The van der Waals surface area contributed by atoms with Gasteiger partial charge in [0, 0.05) is 23.6 Å². The number of benzene rings is 1. The Morgan fingerprint density at radius 3 is 2.71 bits per heavy atom. The van der Waals surface area contributed by atoms with Crippen molar-refractivity contribution >= 4 is 11.8 Å². The first-order chi connectivity index (χ1) is 8.11. The molecule has 0 saturated carbocycles. The number of hydrogen-bond donors (Lipinski definition) is 1. The lowest BCUT2D eigenvalue weighted by Crippen LogP contribution is -2.30. The monoisotopic (exact) mass is 251 g/mol. The van der Waals surface area contributed by atoms with E-state index in [0.717, 1.165) is 12.3 Å². The van der Waals surface area contributed by atoms with Crippen molar-refractivity contribution in [1.29, 1.82) is 0 Å². The summed E-state index contributed by atoms with van der Waals surface area (Å²) in [7, 11) is 0. The number of nitrogens with one attached hydrogen (secondary N) is 1. The van der Waals surface area contributed by atoms with E-state index in [9.17, 15) is 0 Å². The molecule has 1 aromatic carbocycles. The molecule has 0 spiro atoms. The quantitative estimate of drug-likeness (QED) is 0.786. The van der Waals surface area contributed by atoms with Crippen molar-refractivity contribution in [2.75, 3.05) is 6.54 Å². The fourth-order valence-electron chi connectivity index (χ4n) is 1.61. The maximum atomic E-state index is 3.56. The Hall–Kier alpha value is -0.470. The van der Waals surface area contributed by atoms with Gasteiger partial charge >= 0.3 is 0 Å². The minimum absolute atomic E-state index is 0.636. The smallest absolute Gasteiger partial charge is 0.0187 e. The van der Waals surface area contributed by atoms with Crippen molar-refractivity contribution in [3.05, 3.63) is 35.4 Å². The van der Waals surface area contributed by atoms with Crippen molar-refractivity contribution in [3.63, 3.8) is 0 Å². The van der Waals surface area contributed by atoms with E-state index in [2.05, 4.69) is 57.3 Å². The van der Waals surface area contributed by atoms with Crippen LogP contribution in [0.15, 0.2) is 24.3 Å². The van der Waals surface area contributed by atoms with Gasteiger partial charge in [0.25, 0.3) is 0 Å². The van der Waals surface area contributed by atoms with Crippen molar-refractivity contribution in [3.8, 4) is 0 Å². The Morgan fingerprint density at radius 2 is 2.06 bits per heavy atom. The summed E-state index contributed by atoms with van der Waals surface area (Å²) < 4.78 is 0. The Kier molecular flexibility index (Phi) is 6.68. The lowest BCUT2D eigenvalue weighted by molar-refractivity contribution is 0.537. The zero-order chi connectivity index (χ0) is 12.7. The van der Waals surface area contributed by atoms with Gasteiger partial charge in [-0.25, -0.2) is 0 Å². The molecule has 0 saturated heterocycles. The predicted octanol–water partition coefficient (Wildman–Crippen LogP) is 4.00. The zero-order valence-corrected chi connectivity index (χ0v) is 12.3. The van der Waals surface area contributed by atoms with Crippen LogP contribution in [0.2, 0.25) is 0 Å². The molecule has 2 atom stereocenters. The molecule has 0 aliphatic heterocycles. The van der Waals surface area contributed by atoms with Crippen LogP contribution in [0.4, 0.5) is 0 Å². The summed E-state index contributed by atoms with van der Waals surface area (Å²) in [4.78, 5) is 0. The molecule has 2 heteroatoms. The van der Waals surface area contributed by atoms with Gasteiger partial charge in [-0.1, -0.05) is 43.7 Å². The fourth-order valence-corrected chi connectivity index (χ4v) is 2.48. The highest BCUT2D eigenvalue weighted by Gasteiger charge is 2.05. The SMILES string of the molecule is CCC(C)NCC(C)SCc1cccc(C)c1. The molecule has 0 aliphatic carbocycles. The fraction of sp³-hybridized carbons (Fsp3) is 0.600. The highest BCUT2D eigenvalue weighted by atomic mass is 32.2. The van der Waals surface area contributed by atoms with Gasteiger partial charge in [-0.15, -0.1) is 0 Å². The van der Waals surface area contributed by atoms with Gasteiger partial charge in [0.05, 0.1) is 0 Å². The van der Waals surface area contributed by atoms with Crippen molar-refractivity contribution in [1.82, 2.24) is 5.32 Å². The minimum Gasteiger partial charge on any atom is -0.313 e. The maximum Gasteiger partial charge on any atom is 0.0187 e. The molecular formula is C15H25NS. The van der Waals surface area contributed by atoms with Crippen LogP contribution in [0.1, 0.15) is 38.3 Å². The van der Waals surface area contributed by atoms with E-state index >= 15 is 0 Å². The molecule has 1 rings (SSSR count). The van der Waals surface area contributed by atoms with Gasteiger partial charge in [0.1, 0.15) is 0 Å². The summed E-state index contributed by atoms with van der Waals surface area (Å²) in [6.45, 7) is 10.0. The van der Waals surface area contributed by atoms with Gasteiger partial charge in [-0.05, 0) is 25.8 Å². The first-order valence-corrected chi connectivity index (χ1v) is 7.57. The van der Waals surface area contributed by atoms with E-state index in [-0.39, 0.29) is 0 Å². The second-order valence-corrected chi connectivity index (χ2v) is 6.25. The molecule has 0 aliphatic rings. The topological polar surface area (TPSA) is 12.0 Å². The number of rotatable bonds is 7. The number of thioether (sulfide) groups is 1. The van der Waals surface area contributed by atoms with Crippen molar-refractivity contribution in [2.45, 2.75) is 51.2 Å². The molecule has 0 fully saturated rings. The molecule has 0 radical (unpaired) electrons. The second kappa shape index (κ2) is 7.78. The summed E-state index contributed by atoms with van der Waals surface area (Å²) in [5.74, 6) is 1.12. The summed E-state index contributed by atoms with van der Waals surface area (Å²) in [6, 6.07) is 9.43. The van der Waals surface area contributed by atoms with Crippen molar-refractivity contribution < 1.29 is 0 Å². The standard InChI is InChI=1S/C15H25NS/c1-5-13(3)16-10-14(4)17-11-15-8-6-7-12(2)9-15/h6-9,13-14,16H,5,10-11H2,1-4H3. The van der Waals surface area contributed by atoms with Crippen LogP contribution in [0.25, 0.3) is 0 Å². The third-order valence-electron chi connectivity index (χ3n) is 2.98. The third kappa shape index (κ3) is 6.13. The average molecular weight is 251 g/mol. The number of hydrogen-bond acceptors (Lipinski definition) is 2. The lowest BCUT2D eigenvalue weighted by atomic mass is 10.2. The zero-order valence-electron chi connectivity index (χ0n) is 11.5. The van der Waals surface area contributed by atoms with Crippen LogP contribution >= 0.6 is 11.8 Å². The molecule has 2 unspecified atom stereocenters. The molecule has 1 aromatic rings. The van der Waals surface area contributed by atoms with E-state index in [1.165, 1.54) is 17.5 Å². The molecule has 0 amide bonds.